The van der Waals surface area contributed by atoms with Gasteiger partial charge in [-0.25, -0.2) is 0 Å². The molecule has 0 aliphatic rings. The van der Waals surface area contributed by atoms with Gasteiger partial charge in [-0.05, 0) is 63.7 Å². The van der Waals surface area contributed by atoms with Crippen LogP contribution in [0.1, 0.15) is 0 Å². The lowest BCUT2D eigenvalue weighted by Crippen LogP contribution is -1.97. The normalized spacial score (nSPS) is 10.2. The van der Waals surface area contributed by atoms with Gasteiger partial charge in [-0.3, -0.25) is 10.1 Å². The van der Waals surface area contributed by atoms with Crippen LogP contribution in [-0.4, -0.2) is 12.0 Å². The molecule has 0 saturated heterocycles. The Balaban J connectivity index is 3.70. The van der Waals surface area contributed by atoms with Crippen LogP contribution in [0.2, 0.25) is 0 Å². The number of rotatable bonds is 2. The summed E-state index contributed by atoms with van der Waals surface area (Å²) in [6.07, 6.45) is 0. The average molecular weight is 469 g/mol. The van der Waals surface area contributed by atoms with Crippen molar-refractivity contribution < 1.29 is 9.66 Å². The molecular formula is C7H3Br4NO3. The highest BCUT2D eigenvalue weighted by Gasteiger charge is 2.28. The summed E-state index contributed by atoms with van der Waals surface area (Å²) in [5, 5.41) is 10.9. The first kappa shape index (κ1) is 13.4. The molecule has 0 aliphatic heterocycles. The molecule has 0 fully saturated rings. The minimum atomic E-state index is -0.509. The Morgan fingerprint density at radius 3 is 1.93 bits per heavy atom. The van der Waals surface area contributed by atoms with E-state index in [-0.39, 0.29) is 11.4 Å². The Morgan fingerprint density at radius 1 is 1.07 bits per heavy atom. The lowest BCUT2D eigenvalue weighted by atomic mass is 10.3. The first-order chi connectivity index (χ1) is 6.91. The van der Waals surface area contributed by atoms with E-state index in [1.807, 2.05) is 0 Å². The van der Waals surface area contributed by atoms with Gasteiger partial charge >= 0.3 is 5.69 Å². The van der Waals surface area contributed by atoms with Crippen LogP contribution in [0.4, 0.5) is 5.69 Å². The summed E-state index contributed by atoms with van der Waals surface area (Å²) < 4.78 is 7.02. The predicted molar refractivity (Wildman–Crippen MR) is 70.4 cm³/mol. The van der Waals surface area contributed by atoms with Gasteiger partial charge in [-0.15, -0.1) is 0 Å². The highest BCUT2D eigenvalue weighted by molar-refractivity contribution is 9.15. The molecule has 0 saturated carbocycles. The number of nitro benzene ring substituents is 1. The van der Waals surface area contributed by atoms with Crippen molar-refractivity contribution in [1.29, 1.82) is 0 Å². The largest absolute Gasteiger partial charge is 0.489 e. The lowest BCUT2D eigenvalue weighted by Gasteiger charge is -2.09. The summed E-state index contributed by atoms with van der Waals surface area (Å²) in [6.45, 7) is 0. The second-order valence-electron chi connectivity index (χ2n) is 2.39. The number of nitro groups is 1. The molecule has 0 heterocycles. The van der Waals surface area contributed by atoms with Gasteiger partial charge in [0.2, 0.25) is 5.75 Å². The summed E-state index contributed by atoms with van der Waals surface area (Å²) in [5.41, 5.74) is -0.126. The van der Waals surface area contributed by atoms with E-state index >= 15 is 0 Å². The molecule has 0 spiro atoms. The fraction of sp³-hybridized carbons (Fsp3) is 0.143. The molecule has 1 rings (SSSR count). The second kappa shape index (κ2) is 5.11. The predicted octanol–water partition coefficient (Wildman–Crippen LogP) is 4.65. The van der Waals surface area contributed by atoms with Crippen LogP contribution in [-0.2, 0) is 0 Å². The summed E-state index contributed by atoms with van der Waals surface area (Å²) in [7, 11) is 1.37. The van der Waals surface area contributed by atoms with Gasteiger partial charge in [0, 0.05) is 0 Å². The molecule has 8 heteroatoms. The highest BCUT2D eigenvalue weighted by Crippen LogP contribution is 2.49. The zero-order chi connectivity index (χ0) is 11.7. The zero-order valence-corrected chi connectivity index (χ0v) is 13.5. The van der Waals surface area contributed by atoms with E-state index in [0.29, 0.717) is 17.9 Å². The number of methoxy groups -OCH3 is 1. The topological polar surface area (TPSA) is 52.4 Å². The standard InChI is InChI=1S/C7H3Br4NO3/c1-15-7-5(11)3(9)2(8)4(10)6(7)12(13)14/h1H3. The molecule has 0 amide bonds. The van der Waals surface area contributed by atoms with E-state index < -0.39 is 4.92 Å². The summed E-state index contributed by atoms with van der Waals surface area (Å²) in [5.74, 6) is 0.168. The molecule has 0 atom stereocenters. The third-order valence-electron chi connectivity index (χ3n) is 1.59. The van der Waals surface area contributed by atoms with Gasteiger partial charge < -0.3 is 4.74 Å². The number of hydrogen-bond acceptors (Lipinski definition) is 3. The smallest absolute Gasteiger partial charge is 0.327 e. The lowest BCUT2D eigenvalue weighted by molar-refractivity contribution is -0.386. The first-order valence-electron chi connectivity index (χ1n) is 3.46. The Labute approximate surface area is 119 Å². The Hall–Kier alpha value is 0.340. The minimum absolute atomic E-state index is 0.126. The fourth-order valence-electron chi connectivity index (χ4n) is 0.949. The van der Waals surface area contributed by atoms with Crippen LogP contribution in [0, 0.1) is 10.1 Å². The summed E-state index contributed by atoms with van der Waals surface area (Å²) >= 11 is 12.9. The zero-order valence-electron chi connectivity index (χ0n) is 7.18. The van der Waals surface area contributed by atoms with Crippen LogP contribution in [0.15, 0.2) is 17.9 Å². The minimum Gasteiger partial charge on any atom is -0.489 e. The molecule has 0 unspecified atom stereocenters. The molecule has 1 aromatic rings. The first-order valence-corrected chi connectivity index (χ1v) is 6.63. The number of halogens is 4. The van der Waals surface area contributed by atoms with Gasteiger partial charge in [0.1, 0.15) is 4.47 Å². The van der Waals surface area contributed by atoms with Crippen LogP contribution in [0.25, 0.3) is 0 Å². The van der Waals surface area contributed by atoms with Crippen molar-refractivity contribution in [2.45, 2.75) is 0 Å². The molecule has 0 N–H and O–H groups in total. The molecule has 15 heavy (non-hydrogen) atoms. The SMILES string of the molecule is COc1c(Br)c(Br)c(Br)c(Br)c1[N+](=O)[O-]. The van der Waals surface area contributed by atoms with Crippen molar-refractivity contribution in [3.05, 3.63) is 28.0 Å². The summed E-state index contributed by atoms with van der Waals surface area (Å²) in [6, 6.07) is 0. The van der Waals surface area contributed by atoms with E-state index in [9.17, 15) is 10.1 Å². The fourth-order valence-corrected chi connectivity index (χ4v) is 3.32. The van der Waals surface area contributed by atoms with Crippen molar-refractivity contribution in [2.75, 3.05) is 7.11 Å². The van der Waals surface area contributed by atoms with Crippen LogP contribution >= 0.6 is 63.7 Å². The molecule has 82 valence electrons. The number of benzene rings is 1. The van der Waals surface area contributed by atoms with E-state index in [4.69, 9.17) is 4.74 Å². The maximum atomic E-state index is 10.9. The van der Waals surface area contributed by atoms with Crippen molar-refractivity contribution in [1.82, 2.24) is 0 Å². The number of ether oxygens (including phenoxy) is 1. The molecule has 0 aliphatic carbocycles. The number of nitrogens with zero attached hydrogens (tertiary/aromatic N) is 1. The molecule has 0 aromatic heterocycles. The second-order valence-corrected chi connectivity index (χ2v) is 5.57. The Morgan fingerprint density at radius 2 is 1.53 bits per heavy atom. The van der Waals surface area contributed by atoms with E-state index in [1.54, 1.807) is 0 Å². The highest BCUT2D eigenvalue weighted by atomic mass is 79.9. The van der Waals surface area contributed by atoms with Crippen molar-refractivity contribution in [3.8, 4) is 5.75 Å². The van der Waals surface area contributed by atoms with Crippen molar-refractivity contribution >= 4 is 69.4 Å². The quantitative estimate of drug-likeness (QED) is 0.275. The maximum Gasteiger partial charge on any atom is 0.327 e. The molecular weight excluding hydrogens is 466 g/mol. The van der Waals surface area contributed by atoms with E-state index in [2.05, 4.69) is 63.7 Å². The van der Waals surface area contributed by atoms with Gasteiger partial charge in [-0.2, -0.15) is 0 Å². The van der Waals surface area contributed by atoms with Crippen molar-refractivity contribution in [2.24, 2.45) is 0 Å². The van der Waals surface area contributed by atoms with Gasteiger partial charge in [0.05, 0.1) is 25.5 Å². The van der Waals surface area contributed by atoms with Crippen LogP contribution in [0.3, 0.4) is 0 Å². The van der Waals surface area contributed by atoms with E-state index in [0.717, 1.165) is 0 Å². The third-order valence-corrected chi connectivity index (χ3v) is 6.30. The average Bonchev–Trinajstić information content (AvgIpc) is 2.19. The Kier molecular flexibility index (Phi) is 4.57. The molecule has 4 nitrogen and oxygen atoms in total. The van der Waals surface area contributed by atoms with Gasteiger partial charge in [0.15, 0.2) is 0 Å². The number of hydrogen-bond donors (Lipinski definition) is 0. The van der Waals surface area contributed by atoms with Gasteiger partial charge in [0.25, 0.3) is 0 Å². The third kappa shape index (κ3) is 2.37. The maximum absolute atomic E-state index is 10.9. The Bertz CT molecular complexity index is 435. The van der Waals surface area contributed by atoms with Crippen LogP contribution in [0.5, 0.6) is 5.75 Å². The molecule has 0 bridgehead atoms. The molecule has 0 radical (unpaired) electrons. The van der Waals surface area contributed by atoms with Crippen LogP contribution < -0.4 is 4.74 Å². The van der Waals surface area contributed by atoms with Crippen molar-refractivity contribution in [3.63, 3.8) is 0 Å². The molecule has 1 aromatic carbocycles. The monoisotopic (exact) mass is 465 g/mol. The van der Waals surface area contributed by atoms with Gasteiger partial charge in [-0.1, -0.05) is 0 Å². The summed E-state index contributed by atoms with van der Waals surface area (Å²) in [4.78, 5) is 10.3. The van der Waals surface area contributed by atoms with E-state index in [1.165, 1.54) is 7.11 Å².